The number of fused-ring (bicyclic) bond motifs is 3. The van der Waals surface area contributed by atoms with E-state index >= 15 is 0 Å². The minimum absolute atomic E-state index is 0. The van der Waals surface area contributed by atoms with Gasteiger partial charge in [0.1, 0.15) is 17.9 Å². The van der Waals surface area contributed by atoms with Gasteiger partial charge in [-0.05, 0) is 20.8 Å². The van der Waals surface area contributed by atoms with Gasteiger partial charge in [-0.25, -0.2) is 43.7 Å². The average Bonchev–Trinajstić information content (AvgIpc) is 3.93. The molecular formula is C32H44ClN11O15S. The molecule has 0 aliphatic carbocycles. The first kappa shape index (κ1) is 51.3. The van der Waals surface area contributed by atoms with Gasteiger partial charge in [0.25, 0.3) is 26.8 Å². The maximum Gasteiger partial charge on any atom is 0.336 e. The van der Waals surface area contributed by atoms with Gasteiger partial charge < -0.3 is 23.7 Å². The Hall–Kier alpha value is -6.74. The molecule has 6 heterocycles. The minimum atomic E-state index is -3.58. The third kappa shape index (κ3) is 11.5. The number of carboxylic acid groups (broad SMARTS) is 1. The van der Waals surface area contributed by atoms with Gasteiger partial charge in [0.05, 0.1) is 38.7 Å². The second-order valence-corrected chi connectivity index (χ2v) is 13.7. The van der Waals surface area contributed by atoms with Crippen molar-refractivity contribution < 1.29 is 41.6 Å². The smallest absolute Gasteiger partial charge is 0.336 e. The molecule has 0 amide bonds. The second-order valence-electron chi connectivity index (χ2n) is 12.1. The number of carbonyl (C=O) groups excluding carboxylic acids is 2. The lowest BCUT2D eigenvalue weighted by Crippen LogP contribution is -2.34. The fourth-order valence-electron chi connectivity index (χ4n) is 4.84. The normalized spacial score (nSPS) is 12.7. The highest BCUT2D eigenvalue weighted by Gasteiger charge is 2.22. The van der Waals surface area contributed by atoms with Gasteiger partial charge in [0.15, 0.2) is 28.4 Å². The average molecular weight is 890 g/mol. The first-order valence-corrected chi connectivity index (χ1v) is 18.2. The highest BCUT2D eigenvalue weighted by atomic mass is 35.5. The third-order valence-electron chi connectivity index (χ3n) is 8.14. The van der Waals surface area contributed by atoms with E-state index < -0.39 is 74.4 Å². The summed E-state index contributed by atoms with van der Waals surface area (Å²) in [6.45, 7) is 4.30. The summed E-state index contributed by atoms with van der Waals surface area (Å²) in [5, 5.41) is 8.90. The Balaban J connectivity index is 0.000000404. The van der Waals surface area contributed by atoms with Crippen LogP contribution in [0.5, 0.6) is 0 Å². The summed E-state index contributed by atoms with van der Waals surface area (Å²) in [6, 6.07) is -1.63. The van der Waals surface area contributed by atoms with Crippen molar-refractivity contribution in [1.82, 2.24) is 47.8 Å². The third-order valence-corrected chi connectivity index (χ3v) is 8.78. The number of aromatic amines is 3. The lowest BCUT2D eigenvalue weighted by atomic mass is 10.3. The van der Waals surface area contributed by atoms with E-state index in [2.05, 4.69) is 43.6 Å². The Bertz CT molecular complexity index is 2900. The number of nitrogens with one attached hydrogen (secondary N) is 3. The Kier molecular flexibility index (Phi) is 17.8. The molecule has 5 aromatic heterocycles. The predicted octanol–water partition coefficient (Wildman–Crippen LogP) is -1.86. The second kappa shape index (κ2) is 20.8. The topological polar surface area (TPSA) is 346 Å². The number of esters is 2. The van der Waals surface area contributed by atoms with Crippen molar-refractivity contribution in [2.24, 2.45) is 26.1 Å². The molecule has 0 saturated heterocycles. The number of carbonyl (C=O) groups is 3. The van der Waals surface area contributed by atoms with E-state index in [0.29, 0.717) is 17.8 Å². The fourth-order valence-corrected chi connectivity index (χ4v) is 5.44. The number of hydrogen-bond acceptors (Lipinski definition) is 17. The quantitative estimate of drug-likeness (QED) is 0.103. The van der Waals surface area contributed by atoms with Crippen LogP contribution < -0.4 is 33.7 Å². The van der Waals surface area contributed by atoms with E-state index in [1.807, 2.05) is 0 Å². The van der Waals surface area contributed by atoms with Crippen LogP contribution in [0.4, 0.5) is 5.82 Å². The molecule has 0 spiro atoms. The number of aliphatic imine (C=N–C) groups is 1. The number of carboxylic acids is 1. The molecule has 4 N–H and O–H groups in total. The van der Waals surface area contributed by atoms with Crippen LogP contribution in [0.2, 0.25) is 0 Å². The standard InChI is InChI=1S/C10H12N4O4.C9H10N4O4.C7H7N3O2.C5H10O5S.CH4.ClH/c1-5(9(16)18-3)14-4-11-7-6(14)8(15)13(2)10(17)12-7;1-4(8(15)16)13-3-10-6-5(13)7(14)12(2)9(17)11-6;1-10-6(11)4-2-3-8-5(4)9-7(10)12;1-4(5(6)9-2)10-11(3,7)8;;/h4-5H,1-3H3,(H,12,17);3-4H,1-2H3,(H,11,17)(H,15,16);3H,2H2,1H3,(H,9,12);4H,1-3H3;1H4;1H/t5-;4-;;4-;;/m00.1../s1. The molecule has 1 aliphatic heterocycles. The molecule has 330 valence electrons. The minimum Gasteiger partial charge on any atom is -0.480 e. The molecule has 0 radical (unpaired) electrons. The van der Waals surface area contributed by atoms with Crippen LogP contribution in [0, 0.1) is 0 Å². The molecule has 6 rings (SSSR count). The van der Waals surface area contributed by atoms with Crippen molar-refractivity contribution in [2.75, 3.05) is 20.5 Å². The van der Waals surface area contributed by atoms with Crippen molar-refractivity contribution in [2.45, 2.75) is 52.8 Å². The Labute approximate surface area is 343 Å². The van der Waals surface area contributed by atoms with Gasteiger partial charge in [-0.15, -0.1) is 12.4 Å². The fraction of sp³-hybridized carbons (Fsp3) is 0.438. The summed E-state index contributed by atoms with van der Waals surface area (Å²) < 4.78 is 39.4. The monoisotopic (exact) mass is 889 g/mol. The molecule has 0 bridgehead atoms. The largest absolute Gasteiger partial charge is 0.480 e. The maximum absolute atomic E-state index is 12.0. The van der Waals surface area contributed by atoms with E-state index in [0.717, 1.165) is 27.1 Å². The molecular weight excluding hydrogens is 846 g/mol. The highest BCUT2D eigenvalue weighted by molar-refractivity contribution is 7.86. The first-order valence-electron chi connectivity index (χ1n) is 16.4. The number of nitrogens with zero attached hydrogens (tertiary/aromatic N) is 8. The van der Waals surface area contributed by atoms with Crippen LogP contribution in [0.25, 0.3) is 22.3 Å². The van der Waals surface area contributed by atoms with Gasteiger partial charge in [0, 0.05) is 33.8 Å². The molecule has 0 unspecified atom stereocenters. The van der Waals surface area contributed by atoms with E-state index in [1.54, 1.807) is 13.1 Å². The molecule has 28 heteroatoms. The number of imidazole rings is 2. The molecule has 5 aromatic rings. The number of halogens is 1. The number of aromatic nitrogens is 10. The molecule has 1 aliphatic rings. The Morgan fingerprint density at radius 3 is 1.57 bits per heavy atom. The lowest BCUT2D eigenvalue weighted by Gasteiger charge is -2.11. The van der Waals surface area contributed by atoms with E-state index in [-0.39, 0.29) is 47.7 Å². The lowest BCUT2D eigenvalue weighted by molar-refractivity contribution is -0.147. The summed E-state index contributed by atoms with van der Waals surface area (Å²) in [5.41, 5.74) is -1.86. The number of methoxy groups -OCH3 is 2. The number of aliphatic carboxylic acids is 1. The van der Waals surface area contributed by atoms with Crippen molar-refractivity contribution >= 4 is 74.8 Å². The zero-order valence-corrected chi connectivity index (χ0v) is 34.4. The molecule has 26 nitrogen and oxygen atoms in total. The molecule has 0 saturated carbocycles. The summed E-state index contributed by atoms with van der Waals surface area (Å²) in [6.07, 6.45) is 4.47. The van der Waals surface area contributed by atoms with Crippen LogP contribution in [-0.2, 0) is 65.7 Å². The van der Waals surface area contributed by atoms with Crippen molar-refractivity contribution in [1.29, 1.82) is 0 Å². The van der Waals surface area contributed by atoms with Gasteiger partial charge in [-0.1, -0.05) is 7.43 Å². The highest BCUT2D eigenvalue weighted by Crippen LogP contribution is 2.15. The SMILES string of the molecule is C.COC(=O)[C@@H](C)OS(C)(=O)=O.COC(=O)[C@H](C)n1cnc2[nH]c(=O)n(C)c(=O)c21.C[C@@H](C(=O)O)n1cnc2[nH]c(=O)n(C)c(=O)c21.Cl.Cn1c(=O)[nH]c2c(c1=O)CC=N2. The first-order chi connectivity index (χ1) is 27.0. The number of rotatable bonds is 7. The zero-order chi connectivity index (χ0) is 44.0. The Morgan fingerprint density at radius 2 is 1.15 bits per heavy atom. The summed E-state index contributed by atoms with van der Waals surface area (Å²) in [4.78, 5) is 121. The number of H-pyrrole nitrogens is 3. The number of hydrogen-bond donors (Lipinski definition) is 4. The van der Waals surface area contributed by atoms with Gasteiger partial charge >= 0.3 is 35.0 Å². The van der Waals surface area contributed by atoms with Crippen molar-refractivity contribution in [3.63, 3.8) is 0 Å². The van der Waals surface area contributed by atoms with Gasteiger partial charge in [-0.3, -0.25) is 47.2 Å². The van der Waals surface area contributed by atoms with E-state index in [1.165, 1.54) is 63.9 Å². The zero-order valence-electron chi connectivity index (χ0n) is 32.7. The van der Waals surface area contributed by atoms with Crippen LogP contribution in [0.1, 0.15) is 45.8 Å². The Morgan fingerprint density at radius 1 is 0.733 bits per heavy atom. The maximum atomic E-state index is 12.0. The van der Waals surface area contributed by atoms with Crippen LogP contribution in [0.3, 0.4) is 0 Å². The van der Waals surface area contributed by atoms with Gasteiger partial charge in [0.2, 0.25) is 0 Å². The van der Waals surface area contributed by atoms with Crippen LogP contribution >= 0.6 is 12.4 Å². The molecule has 0 aromatic carbocycles. The van der Waals surface area contributed by atoms with Gasteiger partial charge in [-0.2, -0.15) is 8.42 Å². The molecule has 3 atom stereocenters. The predicted molar refractivity (Wildman–Crippen MR) is 216 cm³/mol. The van der Waals surface area contributed by atoms with Crippen LogP contribution in [-0.4, -0.2) is 112 Å². The van der Waals surface area contributed by atoms with Crippen LogP contribution in [0.15, 0.2) is 46.4 Å². The number of ether oxygens (including phenoxy) is 2. The molecule has 0 fully saturated rings. The van der Waals surface area contributed by atoms with E-state index in [4.69, 9.17) is 5.11 Å². The van der Waals surface area contributed by atoms with Crippen molar-refractivity contribution in [3.8, 4) is 0 Å². The molecule has 60 heavy (non-hydrogen) atoms. The summed E-state index contributed by atoms with van der Waals surface area (Å²) in [5.74, 6) is -1.89. The van der Waals surface area contributed by atoms with E-state index in [9.17, 15) is 51.6 Å². The van der Waals surface area contributed by atoms with Crippen molar-refractivity contribution in [3.05, 3.63) is 80.7 Å². The summed E-state index contributed by atoms with van der Waals surface area (Å²) >= 11 is 0. The summed E-state index contributed by atoms with van der Waals surface area (Å²) in [7, 11) is 2.94.